The predicted octanol–water partition coefficient (Wildman–Crippen LogP) is 3.45. The second kappa shape index (κ2) is 8.03. The van der Waals surface area contributed by atoms with E-state index in [1.165, 1.54) is 0 Å². The predicted molar refractivity (Wildman–Crippen MR) is 83.5 cm³/mol. The van der Waals surface area contributed by atoms with Crippen molar-refractivity contribution in [2.75, 3.05) is 0 Å². The Morgan fingerprint density at radius 1 is 1.19 bits per heavy atom. The molecule has 2 unspecified atom stereocenters. The molecule has 0 radical (unpaired) electrons. The number of hydrogen-bond acceptors (Lipinski definition) is 2. The zero-order valence-electron chi connectivity index (χ0n) is 12.6. The first-order valence-corrected chi connectivity index (χ1v) is 7.46. The fraction of sp³-hybridized carbons (Fsp3) is 0.500. The molecule has 0 spiro atoms. The number of rotatable bonds is 7. The molecule has 1 aromatic rings. The van der Waals surface area contributed by atoms with Crippen LogP contribution in [0.25, 0.3) is 0 Å². The van der Waals surface area contributed by atoms with E-state index in [2.05, 4.69) is 5.32 Å². The van der Waals surface area contributed by atoms with Crippen LogP contribution >= 0.6 is 11.6 Å². The van der Waals surface area contributed by atoms with Gasteiger partial charge >= 0.3 is 5.97 Å². The molecule has 21 heavy (non-hydrogen) atoms. The Hall–Kier alpha value is -1.55. The smallest absolute Gasteiger partial charge is 0.303 e. The van der Waals surface area contributed by atoms with Crippen LogP contribution in [0.2, 0.25) is 5.02 Å². The van der Waals surface area contributed by atoms with Crippen molar-refractivity contribution in [1.82, 2.24) is 5.32 Å². The van der Waals surface area contributed by atoms with Crippen molar-refractivity contribution in [2.24, 2.45) is 5.92 Å². The summed E-state index contributed by atoms with van der Waals surface area (Å²) in [5.74, 6) is -1.06. The highest BCUT2D eigenvalue weighted by atomic mass is 35.5. The van der Waals surface area contributed by atoms with Gasteiger partial charge in [0.15, 0.2) is 0 Å². The molecule has 0 bridgehead atoms. The molecule has 0 saturated heterocycles. The lowest BCUT2D eigenvalue weighted by Gasteiger charge is -2.23. The monoisotopic (exact) mass is 311 g/mol. The summed E-state index contributed by atoms with van der Waals surface area (Å²) in [7, 11) is 0. The van der Waals surface area contributed by atoms with Gasteiger partial charge in [0.1, 0.15) is 0 Å². The first-order valence-electron chi connectivity index (χ1n) is 7.09. The third-order valence-electron chi connectivity index (χ3n) is 3.36. The second-order valence-electron chi connectivity index (χ2n) is 5.62. The minimum Gasteiger partial charge on any atom is -0.481 e. The van der Waals surface area contributed by atoms with Gasteiger partial charge in [-0.3, -0.25) is 9.59 Å². The van der Waals surface area contributed by atoms with Crippen molar-refractivity contribution >= 4 is 23.5 Å². The van der Waals surface area contributed by atoms with E-state index in [9.17, 15) is 9.59 Å². The molecule has 1 aromatic carbocycles. The number of carbonyl (C=O) groups is 2. The maximum atomic E-state index is 12.4. The zero-order chi connectivity index (χ0) is 16.0. The second-order valence-corrected chi connectivity index (χ2v) is 6.05. The normalized spacial score (nSPS) is 13.8. The number of halogens is 1. The molecule has 1 amide bonds. The summed E-state index contributed by atoms with van der Waals surface area (Å²) in [6.45, 7) is 5.79. The first-order chi connectivity index (χ1) is 9.81. The third-order valence-corrected chi connectivity index (χ3v) is 3.61. The van der Waals surface area contributed by atoms with Gasteiger partial charge in [0.25, 0.3) is 0 Å². The van der Waals surface area contributed by atoms with Crippen LogP contribution in [0, 0.1) is 5.92 Å². The number of amides is 1. The number of aliphatic carboxylic acids is 1. The number of carboxylic acid groups (broad SMARTS) is 1. The van der Waals surface area contributed by atoms with Gasteiger partial charge in [-0.25, -0.2) is 0 Å². The zero-order valence-corrected chi connectivity index (χ0v) is 13.4. The van der Waals surface area contributed by atoms with E-state index in [4.69, 9.17) is 16.7 Å². The molecule has 4 nitrogen and oxygen atoms in total. The lowest BCUT2D eigenvalue weighted by Crippen LogP contribution is -2.38. The number of hydrogen-bond donors (Lipinski definition) is 2. The SMILES string of the molecule is CC(CCC(=O)O)NC(=O)C(c1ccc(Cl)cc1)C(C)C. The van der Waals surface area contributed by atoms with Gasteiger partial charge in [0.2, 0.25) is 5.91 Å². The molecule has 2 N–H and O–H groups in total. The Morgan fingerprint density at radius 3 is 2.24 bits per heavy atom. The Labute approximate surface area is 130 Å². The average molecular weight is 312 g/mol. The van der Waals surface area contributed by atoms with Gasteiger partial charge in [-0.05, 0) is 37.0 Å². The van der Waals surface area contributed by atoms with Crippen LogP contribution in [0.1, 0.15) is 45.1 Å². The molecule has 0 aliphatic rings. The van der Waals surface area contributed by atoms with Crippen molar-refractivity contribution in [2.45, 2.75) is 45.6 Å². The van der Waals surface area contributed by atoms with E-state index in [1.807, 2.05) is 32.9 Å². The van der Waals surface area contributed by atoms with Gasteiger partial charge in [-0.2, -0.15) is 0 Å². The molecule has 116 valence electrons. The first kappa shape index (κ1) is 17.5. The Balaban J connectivity index is 2.74. The van der Waals surface area contributed by atoms with E-state index < -0.39 is 5.97 Å². The minimum absolute atomic E-state index is 0.0503. The summed E-state index contributed by atoms with van der Waals surface area (Å²) in [6.07, 6.45) is 0.473. The molecule has 0 fully saturated rings. The van der Waals surface area contributed by atoms with Crippen molar-refractivity contribution in [3.05, 3.63) is 34.9 Å². The highest BCUT2D eigenvalue weighted by molar-refractivity contribution is 6.30. The standard InChI is InChI=1S/C16H22ClNO3/c1-10(2)15(12-5-7-13(17)8-6-12)16(21)18-11(3)4-9-14(19)20/h5-8,10-11,15H,4,9H2,1-3H3,(H,18,21)(H,19,20). The van der Waals surface area contributed by atoms with E-state index >= 15 is 0 Å². The van der Waals surface area contributed by atoms with Crippen LogP contribution in [0.3, 0.4) is 0 Å². The van der Waals surface area contributed by atoms with Crippen LogP contribution < -0.4 is 5.32 Å². The van der Waals surface area contributed by atoms with Crippen molar-refractivity contribution in [3.63, 3.8) is 0 Å². The molecule has 0 aliphatic heterocycles. The third kappa shape index (κ3) is 5.76. The van der Waals surface area contributed by atoms with Gasteiger partial charge in [-0.15, -0.1) is 0 Å². The largest absolute Gasteiger partial charge is 0.481 e. The van der Waals surface area contributed by atoms with Gasteiger partial charge < -0.3 is 10.4 Å². The summed E-state index contributed by atoms with van der Waals surface area (Å²) >= 11 is 5.87. The Bertz CT molecular complexity index is 485. The highest BCUT2D eigenvalue weighted by Crippen LogP contribution is 2.26. The Morgan fingerprint density at radius 2 is 1.76 bits per heavy atom. The number of benzene rings is 1. The molecule has 0 aromatic heterocycles. The molecule has 1 rings (SSSR count). The van der Waals surface area contributed by atoms with Gasteiger partial charge in [-0.1, -0.05) is 37.6 Å². The molecule has 0 aliphatic carbocycles. The molecular weight excluding hydrogens is 290 g/mol. The van der Waals surface area contributed by atoms with E-state index in [-0.39, 0.29) is 30.2 Å². The summed E-state index contributed by atoms with van der Waals surface area (Å²) < 4.78 is 0. The fourth-order valence-corrected chi connectivity index (χ4v) is 2.38. The van der Waals surface area contributed by atoms with Crippen LogP contribution in [0.4, 0.5) is 0 Å². The topological polar surface area (TPSA) is 66.4 Å². The molecular formula is C16H22ClNO3. The maximum absolute atomic E-state index is 12.4. The van der Waals surface area contributed by atoms with Crippen molar-refractivity contribution in [3.8, 4) is 0 Å². The number of carbonyl (C=O) groups excluding carboxylic acids is 1. The summed E-state index contributed by atoms with van der Waals surface area (Å²) in [6, 6.07) is 7.09. The van der Waals surface area contributed by atoms with Gasteiger partial charge in [0.05, 0.1) is 5.92 Å². The maximum Gasteiger partial charge on any atom is 0.303 e. The number of nitrogens with one attached hydrogen (secondary N) is 1. The molecule has 5 heteroatoms. The van der Waals surface area contributed by atoms with Crippen LogP contribution in [-0.4, -0.2) is 23.0 Å². The minimum atomic E-state index is -0.853. The van der Waals surface area contributed by atoms with Crippen molar-refractivity contribution < 1.29 is 14.7 Å². The quantitative estimate of drug-likeness (QED) is 0.810. The summed E-state index contributed by atoms with van der Waals surface area (Å²) in [5.41, 5.74) is 0.914. The van der Waals surface area contributed by atoms with E-state index in [0.29, 0.717) is 11.4 Å². The summed E-state index contributed by atoms with van der Waals surface area (Å²) in [4.78, 5) is 23.0. The van der Waals surface area contributed by atoms with Crippen LogP contribution in [-0.2, 0) is 9.59 Å². The number of carboxylic acids is 1. The fourth-order valence-electron chi connectivity index (χ4n) is 2.25. The lowest BCUT2D eigenvalue weighted by atomic mass is 9.87. The lowest BCUT2D eigenvalue weighted by molar-refractivity contribution is -0.137. The molecule has 2 atom stereocenters. The Kier molecular flexibility index (Phi) is 6.69. The molecule has 0 saturated carbocycles. The molecule has 0 heterocycles. The van der Waals surface area contributed by atoms with E-state index in [1.54, 1.807) is 12.1 Å². The highest BCUT2D eigenvalue weighted by Gasteiger charge is 2.25. The van der Waals surface area contributed by atoms with Crippen molar-refractivity contribution in [1.29, 1.82) is 0 Å². The van der Waals surface area contributed by atoms with Crippen LogP contribution in [0.5, 0.6) is 0 Å². The van der Waals surface area contributed by atoms with Gasteiger partial charge in [0, 0.05) is 17.5 Å². The average Bonchev–Trinajstić information content (AvgIpc) is 2.38. The van der Waals surface area contributed by atoms with Crippen LogP contribution in [0.15, 0.2) is 24.3 Å². The van der Waals surface area contributed by atoms with E-state index in [0.717, 1.165) is 5.56 Å². The summed E-state index contributed by atoms with van der Waals surface area (Å²) in [5, 5.41) is 12.2.